The molecule has 0 aromatic rings. The zero-order chi connectivity index (χ0) is 15.0. The van der Waals surface area contributed by atoms with Crippen LogP contribution in [0.1, 0.15) is 33.6 Å². The van der Waals surface area contributed by atoms with Gasteiger partial charge in [0.1, 0.15) is 0 Å². The van der Waals surface area contributed by atoms with Gasteiger partial charge in [-0.15, -0.1) is 0 Å². The van der Waals surface area contributed by atoms with E-state index in [1.54, 1.807) is 7.11 Å². The summed E-state index contributed by atoms with van der Waals surface area (Å²) < 4.78 is 11.1. The molecule has 1 aliphatic rings. The Bertz CT molecular complexity index is 253. The van der Waals surface area contributed by atoms with E-state index >= 15 is 0 Å². The molecular weight excluding hydrogens is 252 g/mol. The number of nitrogens with one attached hydrogen (secondary N) is 1. The van der Waals surface area contributed by atoms with Gasteiger partial charge < -0.3 is 19.7 Å². The highest BCUT2D eigenvalue weighted by atomic mass is 16.5. The van der Waals surface area contributed by atoms with Crippen LogP contribution in [0.25, 0.3) is 0 Å². The second kappa shape index (κ2) is 8.98. The predicted octanol–water partition coefficient (Wildman–Crippen LogP) is 2.00. The molecule has 2 atom stereocenters. The maximum atomic E-state index is 5.79. The molecular formula is C16H34N2O2. The van der Waals surface area contributed by atoms with Crippen LogP contribution in [-0.4, -0.2) is 64.6 Å². The summed E-state index contributed by atoms with van der Waals surface area (Å²) in [6.07, 6.45) is 2.43. The normalized spacial score (nSPS) is 25.4. The molecule has 4 heteroatoms. The fourth-order valence-corrected chi connectivity index (χ4v) is 2.91. The van der Waals surface area contributed by atoms with Crippen LogP contribution in [0, 0.1) is 11.3 Å². The lowest BCUT2D eigenvalue weighted by atomic mass is 9.81. The van der Waals surface area contributed by atoms with Crippen molar-refractivity contribution in [2.45, 2.75) is 39.7 Å². The molecule has 1 N–H and O–H groups in total. The Morgan fingerprint density at radius 3 is 2.65 bits per heavy atom. The lowest BCUT2D eigenvalue weighted by Gasteiger charge is -2.41. The molecule has 1 heterocycles. The van der Waals surface area contributed by atoms with E-state index in [4.69, 9.17) is 9.47 Å². The summed E-state index contributed by atoms with van der Waals surface area (Å²) in [5, 5.41) is 3.63. The van der Waals surface area contributed by atoms with Gasteiger partial charge in [-0.2, -0.15) is 0 Å². The van der Waals surface area contributed by atoms with E-state index < -0.39 is 0 Å². The summed E-state index contributed by atoms with van der Waals surface area (Å²) in [6, 6.07) is 0.448. The second-order valence-corrected chi connectivity index (χ2v) is 6.90. The molecule has 0 amide bonds. The number of ether oxygens (including phenoxy) is 2. The number of rotatable bonds is 9. The van der Waals surface area contributed by atoms with E-state index in [-0.39, 0.29) is 5.41 Å². The lowest BCUT2D eigenvalue weighted by Crippen LogP contribution is -2.50. The van der Waals surface area contributed by atoms with E-state index in [0.29, 0.717) is 12.0 Å². The Hall–Kier alpha value is -0.160. The molecule has 20 heavy (non-hydrogen) atoms. The van der Waals surface area contributed by atoms with Crippen LogP contribution in [0.2, 0.25) is 0 Å². The van der Waals surface area contributed by atoms with Crippen molar-refractivity contribution in [3.05, 3.63) is 0 Å². The van der Waals surface area contributed by atoms with E-state index in [1.807, 2.05) is 0 Å². The zero-order valence-electron chi connectivity index (χ0n) is 14.1. The monoisotopic (exact) mass is 286 g/mol. The molecule has 120 valence electrons. The van der Waals surface area contributed by atoms with Crippen LogP contribution in [0.15, 0.2) is 0 Å². The Kier molecular flexibility index (Phi) is 8.03. The van der Waals surface area contributed by atoms with Crippen molar-refractivity contribution in [2.24, 2.45) is 11.3 Å². The van der Waals surface area contributed by atoms with Crippen molar-refractivity contribution in [3.63, 3.8) is 0 Å². The highest BCUT2D eigenvalue weighted by Crippen LogP contribution is 2.29. The number of nitrogens with zero attached hydrogens (tertiary/aromatic N) is 1. The van der Waals surface area contributed by atoms with Crippen LogP contribution < -0.4 is 5.32 Å². The Balaban J connectivity index is 2.53. The molecule has 0 saturated carbocycles. The van der Waals surface area contributed by atoms with Gasteiger partial charge in [-0.1, -0.05) is 13.8 Å². The van der Waals surface area contributed by atoms with E-state index in [9.17, 15) is 0 Å². The molecule has 0 bridgehead atoms. The third-order valence-corrected chi connectivity index (χ3v) is 4.20. The summed E-state index contributed by atoms with van der Waals surface area (Å²) >= 11 is 0. The molecule has 0 aromatic heterocycles. The van der Waals surface area contributed by atoms with Gasteiger partial charge in [0.05, 0.1) is 13.2 Å². The Labute approximate surface area is 125 Å². The third kappa shape index (κ3) is 6.08. The third-order valence-electron chi connectivity index (χ3n) is 4.20. The Morgan fingerprint density at radius 1 is 1.35 bits per heavy atom. The van der Waals surface area contributed by atoms with Crippen LogP contribution >= 0.6 is 0 Å². The molecule has 0 aliphatic carbocycles. The highest BCUT2D eigenvalue weighted by Gasteiger charge is 2.34. The maximum Gasteiger partial charge on any atom is 0.0615 e. The topological polar surface area (TPSA) is 33.7 Å². The van der Waals surface area contributed by atoms with Gasteiger partial charge in [-0.05, 0) is 39.3 Å². The largest absolute Gasteiger partial charge is 0.383 e. The molecule has 1 saturated heterocycles. The van der Waals surface area contributed by atoms with Gasteiger partial charge in [0.25, 0.3) is 0 Å². The molecule has 1 fully saturated rings. The van der Waals surface area contributed by atoms with Crippen molar-refractivity contribution < 1.29 is 9.47 Å². The van der Waals surface area contributed by atoms with Crippen molar-refractivity contribution in [1.29, 1.82) is 0 Å². The van der Waals surface area contributed by atoms with E-state index in [1.165, 1.54) is 12.8 Å². The quantitative estimate of drug-likeness (QED) is 0.703. The summed E-state index contributed by atoms with van der Waals surface area (Å²) in [6.45, 7) is 12.5. The fourth-order valence-electron chi connectivity index (χ4n) is 2.91. The minimum Gasteiger partial charge on any atom is -0.383 e. The van der Waals surface area contributed by atoms with Gasteiger partial charge in [0.15, 0.2) is 0 Å². The minimum atomic E-state index is 0.254. The molecule has 1 aliphatic heterocycles. The summed E-state index contributed by atoms with van der Waals surface area (Å²) in [4.78, 5) is 2.41. The molecule has 0 radical (unpaired) electrons. The van der Waals surface area contributed by atoms with Crippen molar-refractivity contribution in [1.82, 2.24) is 10.2 Å². The first kappa shape index (κ1) is 17.9. The first-order valence-electron chi connectivity index (χ1n) is 7.97. The van der Waals surface area contributed by atoms with Gasteiger partial charge in [-0.25, -0.2) is 0 Å². The predicted molar refractivity (Wildman–Crippen MR) is 84.2 cm³/mol. The molecule has 0 aromatic carbocycles. The Morgan fingerprint density at radius 2 is 2.10 bits per heavy atom. The zero-order valence-corrected chi connectivity index (χ0v) is 14.1. The van der Waals surface area contributed by atoms with Gasteiger partial charge in [0.2, 0.25) is 0 Å². The first-order valence-corrected chi connectivity index (χ1v) is 7.97. The van der Waals surface area contributed by atoms with Crippen molar-refractivity contribution in [3.8, 4) is 0 Å². The minimum absolute atomic E-state index is 0.254. The fraction of sp³-hybridized carbons (Fsp3) is 1.00. The maximum absolute atomic E-state index is 5.79. The molecule has 0 spiro atoms. The van der Waals surface area contributed by atoms with Crippen molar-refractivity contribution >= 4 is 0 Å². The summed E-state index contributed by atoms with van der Waals surface area (Å²) in [5.41, 5.74) is 0.254. The van der Waals surface area contributed by atoms with Crippen LogP contribution in [-0.2, 0) is 9.47 Å². The van der Waals surface area contributed by atoms with Gasteiger partial charge in [0, 0.05) is 38.3 Å². The van der Waals surface area contributed by atoms with Crippen LogP contribution in [0.4, 0.5) is 0 Å². The van der Waals surface area contributed by atoms with Crippen LogP contribution in [0.3, 0.4) is 0 Å². The number of likely N-dealkylation sites (N-methyl/N-ethyl adjacent to an activating group) is 1. The van der Waals surface area contributed by atoms with Crippen molar-refractivity contribution in [2.75, 3.05) is 53.6 Å². The average molecular weight is 286 g/mol. The molecule has 2 unspecified atom stereocenters. The number of methoxy groups -OCH3 is 1. The number of hydrogen-bond acceptors (Lipinski definition) is 4. The second-order valence-electron chi connectivity index (χ2n) is 6.90. The van der Waals surface area contributed by atoms with E-state index in [0.717, 1.165) is 39.5 Å². The molecule has 4 nitrogen and oxygen atoms in total. The molecule has 1 rings (SSSR count). The first-order chi connectivity index (χ1) is 9.49. The average Bonchev–Trinajstić information content (AvgIpc) is 2.39. The summed E-state index contributed by atoms with van der Waals surface area (Å²) in [5.74, 6) is 0.696. The highest BCUT2D eigenvalue weighted by molar-refractivity contribution is 4.88. The summed E-state index contributed by atoms with van der Waals surface area (Å²) in [7, 11) is 3.97. The van der Waals surface area contributed by atoms with Gasteiger partial charge in [-0.3, -0.25) is 0 Å². The lowest BCUT2D eigenvalue weighted by molar-refractivity contribution is -0.0319. The number of hydrogen-bond donors (Lipinski definition) is 1. The van der Waals surface area contributed by atoms with Gasteiger partial charge >= 0.3 is 0 Å². The SMILES string of the molecule is COCC(C)N(C)CC1(CNCC(C)C)CCCOC1. The smallest absolute Gasteiger partial charge is 0.0615 e. The van der Waals surface area contributed by atoms with E-state index in [2.05, 4.69) is 38.0 Å². The standard InChI is InChI=1S/C16H34N2O2/c1-14(2)9-17-11-16(7-6-8-20-13-16)12-18(4)15(3)10-19-5/h14-15,17H,6-13H2,1-5H3. The van der Waals surface area contributed by atoms with Crippen LogP contribution in [0.5, 0.6) is 0 Å².